The maximum absolute atomic E-state index is 13.0. The van der Waals surface area contributed by atoms with E-state index in [1.165, 1.54) is 28.9 Å². The largest absolute Gasteiger partial charge is 0.467 e. The molecule has 1 atom stereocenters. The van der Waals surface area contributed by atoms with Crippen molar-refractivity contribution in [3.8, 4) is 6.01 Å². The van der Waals surface area contributed by atoms with E-state index < -0.39 is 53.9 Å². The van der Waals surface area contributed by atoms with Gasteiger partial charge >= 0.3 is 18.2 Å². The molecule has 4 N–H and O–H groups in total. The van der Waals surface area contributed by atoms with Crippen LogP contribution in [-0.4, -0.2) is 80.8 Å². The molecule has 1 aliphatic carbocycles. The quantitative estimate of drug-likeness (QED) is 0.0939. The molecule has 15 nitrogen and oxygen atoms in total. The zero-order valence-electron chi connectivity index (χ0n) is 27.8. The maximum atomic E-state index is 13.0. The first kappa shape index (κ1) is 40.0. The van der Waals surface area contributed by atoms with Crippen LogP contribution in [0.4, 0.5) is 30.8 Å². The van der Waals surface area contributed by atoms with Crippen LogP contribution in [0.2, 0.25) is 5.02 Å². The third-order valence-electron chi connectivity index (χ3n) is 7.75. The number of amides is 2. The number of anilines is 3. The second-order valence-corrected chi connectivity index (χ2v) is 12.2. The van der Waals surface area contributed by atoms with Crippen molar-refractivity contribution in [2.24, 2.45) is 7.05 Å². The number of Topliss-reactive ketones (excluding diaryl/α,β-unsaturated/α-hetero) is 1. The van der Waals surface area contributed by atoms with E-state index >= 15 is 0 Å². The molecule has 5 rings (SSSR count). The molecule has 2 amide bonds. The number of methoxy groups -OCH3 is 1. The van der Waals surface area contributed by atoms with Gasteiger partial charge in [0.25, 0.3) is 11.8 Å². The molecule has 0 spiro atoms. The number of rotatable bonds is 16. The minimum atomic E-state index is -4.63. The highest BCUT2D eigenvalue weighted by Crippen LogP contribution is 2.48. The molecule has 4 aromatic rings. The van der Waals surface area contributed by atoms with Crippen LogP contribution in [0.3, 0.4) is 0 Å². The number of aromatic nitrogens is 5. The normalized spacial score (nSPS) is 13.5. The minimum absolute atomic E-state index is 0. The first-order valence-corrected chi connectivity index (χ1v) is 16.1. The van der Waals surface area contributed by atoms with Crippen molar-refractivity contribution in [1.29, 1.82) is 0 Å². The first-order valence-electron chi connectivity index (χ1n) is 15.8. The third kappa shape index (κ3) is 11.4. The fourth-order valence-corrected chi connectivity index (χ4v) is 5.10. The van der Waals surface area contributed by atoms with Crippen molar-refractivity contribution in [1.82, 2.24) is 35.4 Å². The van der Waals surface area contributed by atoms with Gasteiger partial charge in [-0.25, -0.2) is 4.79 Å². The number of esters is 1. The van der Waals surface area contributed by atoms with Gasteiger partial charge < -0.3 is 30.7 Å². The lowest BCUT2D eigenvalue weighted by Gasteiger charge is -2.19. The first-order chi connectivity index (χ1) is 24.7. The van der Waals surface area contributed by atoms with E-state index in [1.807, 2.05) is 12.1 Å². The van der Waals surface area contributed by atoms with Gasteiger partial charge in [0.05, 0.1) is 24.8 Å². The van der Waals surface area contributed by atoms with Gasteiger partial charge in [0.1, 0.15) is 6.04 Å². The van der Waals surface area contributed by atoms with Crippen LogP contribution in [0.25, 0.3) is 0 Å². The average molecular weight is 760 g/mol. The molecule has 53 heavy (non-hydrogen) atoms. The molecular weight excluding hydrogens is 723 g/mol. The summed E-state index contributed by atoms with van der Waals surface area (Å²) in [4.78, 5) is 62.2. The zero-order chi connectivity index (χ0) is 37.5. The van der Waals surface area contributed by atoms with E-state index in [2.05, 4.69) is 41.3 Å². The number of aryl methyl sites for hydroxylation is 1. The molecule has 2 aromatic carbocycles. The summed E-state index contributed by atoms with van der Waals surface area (Å²) in [5, 5.41) is 15.6. The number of hydrogen-bond acceptors (Lipinski definition) is 12. The topological polar surface area (TPSA) is 191 Å². The molecule has 0 bridgehead atoms. The Hall–Kier alpha value is -5.78. The smallest absolute Gasteiger partial charge is 0.422 e. The number of carbonyl (C=O) groups excluding carboxylic acids is 4. The molecule has 0 unspecified atom stereocenters. The second kappa shape index (κ2) is 17.2. The predicted molar refractivity (Wildman–Crippen MR) is 187 cm³/mol. The summed E-state index contributed by atoms with van der Waals surface area (Å²) in [7, 11) is 2.82. The van der Waals surface area contributed by atoms with Crippen LogP contribution in [0.1, 0.15) is 48.3 Å². The number of carbonyl (C=O) groups is 4. The Morgan fingerprint density at radius 1 is 0.981 bits per heavy atom. The number of halogens is 4. The molecule has 282 valence electrons. The Morgan fingerprint density at radius 3 is 2.26 bits per heavy atom. The van der Waals surface area contributed by atoms with Crippen molar-refractivity contribution in [2.45, 2.75) is 50.9 Å². The van der Waals surface area contributed by atoms with Crippen molar-refractivity contribution >= 4 is 52.8 Å². The lowest BCUT2D eigenvalue weighted by atomic mass is 10.1. The predicted octanol–water partition coefficient (Wildman–Crippen LogP) is 4.27. The average Bonchev–Trinajstić information content (AvgIpc) is 3.77. The molecule has 2 aromatic heterocycles. The maximum Gasteiger partial charge on any atom is 0.422 e. The van der Waals surface area contributed by atoms with Crippen molar-refractivity contribution in [3.63, 3.8) is 0 Å². The number of nitrogens with one attached hydrogen (secondary N) is 4. The molecule has 19 heteroatoms. The van der Waals surface area contributed by atoms with Crippen LogP contribution < -0.4 is 26.0 Å². The summed E-state index contributed by atoms with van der Waals surface area (Å²) in [5.41, 5.74) is 1.26. The lowest BCUT2D eigenvalue weighted by Crippen LogP contribution is -2.44. The summed E-state index contributed by atoms with van der Waals surface area (Å²) < 4.78 is 49.9. The minimum Gasteiger partial charge on any atom is -0.467 e. The van der Waals surface area contributed by atoms with Gasteiger partial charge in [0.15, 0.2) is 6.61 Å². The van der Waals surface area contributed by atoms with Gasteiger partial charge in [-0.3, -0.25) is 19.1 Å². The number of nitrogens with zero attached hydrogens (tertiary/aromatic N) is 5. The molecule has 1 aliphatic rings. The van der Waals surface area contributed by atoms with Gasteiger partial charge in [0, 0.05) is 36.1 Å². The molecule has 0 aliphatic heterocycles. The van der Waals surface area contributed by atoms with E-state index in [9.17, 15) is 32.3 Å². The van der Waals surface area contributed by atoms with Crippen LogP contribution >= 0.6 is 11.6 Å². The summed E-state index contributed by atoms with van der Waals surface area (Å²) >= 11 is 6.02. The number of alkyl halides is 3. The SMILES string of the molecule is C.COC(=O)[C@H](CCNC(=O)C(=O)Cc1ccn(C)n1)NC(=O)c1ccc(Nc2nc(NC3(c4ccc(Cl)cc4)CC3)nc(OCC(F)(F)F)n2)cc1. The number of hydrogen-bond donors (Lipinski definition) is 4. The molecule has 1 fully saturated rings. The number of ether oxygens (including phenoxy) is 2. The highest BCUT2D eigenvalue weighted by Gasteiger charge is 2.45. The Morgan fingerprint density at radius 2 is 1.66 bits per heavy atom. The molecule has 0 saturated heterocycles. The van der Waals surface area contributed by atoms with E-state index in [4.69, 9.17) is 21.1 Å². The van der Waals surface area contributed by atoms with E-state index in [0.29, 0.717) is 29.2 Å². The van der Waals surface area contributed by atoms with Crippen LogP contribution in [0.5, 0.6) is 6.01 Å². The van der Waals surface area contributed by atoms with Crippen LogP contribution in [-0.2, 0) is 38.1 Å². The standard InChI is InChI=1S/C33H33ClF3N9O6.CH4/c1-46-16-12-23(45-46)17-25(47)27(49)38-15-11-24(28(50)51-2)40-26(48)19-3-9-22(10-4-19)39-29-41-30(43-31(42-29)52-18-33(35,36)37)44-32(13-14-32)20-5-7-21(34)8-6-20;/h3-10,12,16,24H,11,13-15,17-18H2,1-2H3,(H,38,49)(H,40,48)(H2,39,41,42,43,44);1H4/t24-;/m0./s1. The van der Waals surface area contributed by atoms with E-state index in [-0.39, 0.29) is 44.3 Å². The lowest BCUT2D eigenvalue weighted by molar-refractivity contribution is -0.154. The van der Waals surface area contributed by atoms with Crippen LogP contribution in [0.15, 0.2) is 60.8 Å². The van der Waals surface area contributed by atoms with Gasteiger partial charge in [0.2, 0.25) is 17.7 Å². The molecule has 2 heterocycles. The summed E-state index contributed by atoms with van der Waals surface area (Å²) in [5.74, 6) is -3.16. The Kier molecular flexibility index (Phi) is 12.9. The van der Waals surface area contributed by atoms with Gasteiger partial charge in [-0.05, 0) is 67.3 Å². The zero-order valence-corrected chi connectivity index (χ0v) is 28.5. The summed E-state index contributed by atoms with van der Waals surface area (Å²) in [6.45, 7) is -1.74. The highest BCUT2D eigenvalue weighted by molar-refractivity contribution is 6.36. The highest BCUT2D eigenvalue weighted by atomic mass is 35.5. The fraction of sp³-hybridized carbons (Fsp3) is 0.353. The molecular formula is C34H37ClF3N9O6. The van der Waals surface area contributed by atoms with Crippen molar-refractivity contribution in [2.75, 3.05) is 30.9 Å². The van der Waals surface area contributed by atoms with Crippen LogP contribution in [0, 0.1) is 0 Å². The second-order valence-electron chi connectivity index (χ2n) is 11.8. The fourth-order valence-electron chi connectivity index (χ4n) is 4.97. The van der Waals surface area contributed by atoms with Crippen molar-refractivity contribution < 1.29 is 41.8 Å². The summed E-state index contributed by atoms with van der Waals surface area (Å²) in [6, 6.07) is 12.8. The van der Waals surface area contributed by atoms with E-state index in [0.717, 1.165) is 12.7 Å². The van der Waals surface area contributed by atoms with Gasteiger partial charge in [-0.1, -0.05) is 31.2 Å². The van der Waals surface area contributed by atoms with E-state index in [1.54, 1.807) is 31.4 Å². The summed E-state index contributed by atoms with van der Waals surface area (Å²) in [6.07, 6.45) is -1.84. The Balaban J connectivity index is 0.00000627. The Labute approximate surface area is 307 Å². The van der Waals surface area contributed by atoms with Crippen molar-refractivity contribution in [3.05, 3.63) is 82.6 Å². The third-order valence-corrected chi connectivity index (χ3v) is 8.01. The number of ketones is 1. The van der Waals surface area contributed by atoms with Gasteiger partial charge in [-0.2, -0.15) is 33.2 Å². The number of benzene rings is 2. The molecule has 0 radical (unpaired) electrons. The molecule has 1 saturated carbocycles. The Bertz CT molecular complexity index is 1920. The monoisotopic (exact) mass is 759 g/mol. The van der Waals surface area contributed by atoms with Gasteiger partial charge in [-0.15, -0.1) is 0 Å².